The molecule has 0 spiro atoms. The zero-order chi connectivity index (χ0) is 20.9. The number of thiazole rings is 1. The molecule has 0 atom stereocenters. The van der Waals surface area contributed by atoms with E-state index in [1.165, 1.54) is 11.3 Å². The lowest BCUT2D eigenvalue weighted by Gasteiger charge is -2.25. The van der Waals surface area contributed by atoms with Crippen molar-refractivity contribution < 1.29 is 9.53 Å². The number of allylic oxidation sites excluding steroid dienone is 1. The van der Waals surface area contributed by atoms with Crippen molar-refractivity contribution in [2.24, 2.45) is 0 Å². The maximum atomic E-state index is 12.7. The van der Waals surface area contributed by atoms with Gasteiger partial charge in [-0.1, -0.05) is 12.2 Å². The Morgan fingerprint density at radius 1 is 1.31 bits per heavy atom. The van der Waals surface area contributed by atoms with E-state index in [0.29, 0.717) is 17.4 Å². The van der Waals surface area contributed by atoms with E-state index in [-0.39, 0.29) is 12.0 Å². The van der Waals surface area contributed by atoms with Gasteiger partial charge in [0.25, 0.3) is 5.91 Å². The summed E-state index contributed by atoms with van der Waals surface area (Å²) in [6.45, 7) is 8.54. The molecule has 0 radical (unpaired) electrons. The number of nitrogens with one attached hydrogen (secondary N) is 1. The number of anilines is 1. The minimum atomic E-state index is -0.508. The van der Waals surface area contributed by atoms with Gasteiger partial charge in [0.2, 0.25) is 0 Å². The van der Waals surface area contributed by atoms with Crippen molar-refractivity contribution in [3.63, 3.8) is 0 Å². The Morgan fingerprint density at radius 3 is 2.79 bits per heavy atom. The van der Waals surface area contributed by atoms with Gasteiger partial charge >= 0.3 is 0 Å². The molecule has 1 amide bonds. The lowest BCUT2D eigenvalue weighted by molar-refractivity contribution is -0.0623. The van der Waals surface area contributed by atoms with Crippen molar-refractivity contribution in [3.8, 4) is 0 Å². The molecule has 1 N–H and O–H groups in total. The van der Waals surface area contributed by atoms with Crippen LogP contribution in [0.4, 0.5) is 5.13 Å². The standard InChI is InChI=1S/C22H26N4O2S/c1-16(2)28-22(3,4)19-15-29-21(24-19)25-20(27)18-8-6-14-26(18)13-5-7-17-9-11-23-12-10-17/h5-12,14-16H,13H2,1-4H3,(H,24,25,27). The van der Waals surface area contributed by atoms with Crippen LogP contribution in [-0.2, 0) is 16.9 Å². The number of carbonyl (C=O) groups excluding carboxylic acids is 1. The minimum Gasteiger partial charge on any atom is -0.367 e. The first kappa shape index (κ1) is 21.0. The van der Waals surface area contributed by atoms with Crippen LogP contribution < -0.4 is 5.32 Å². The van der Waals surface area contributed by atoms with Crippen LogP contribution in [0.25, 0.3) is 6.08 Å². The van der Waals surface area contributed by atoms with Gasteiger partial charge in [0.05, 0.1) is 11.8 Å². The average molecular weight is 411 g/mol. The average Bonchev–Trinajstić information content (AvgIpc) is 3.31. The quantitative estimate of drug-likeness (QED) is 0.569. The van der Waals surface area contributed by atoms with Gasteiger partial charge in [-0.05, 0) is 57.5 Å². The van der Waals surface area contributed by atoms with Gasteiger partial charge < -0.3 is 9.30 Å². The highest BCUT2D eigenvalue weighted by atomic mass is 32.1. The van der Waals surface area contributed by atoms with Crippen LogP contribution in [-0.4, -0.2) is 26.5 Å². The summed E-state index contributed by atoms with van der Waals surface area (Å²) in [6, 6.07) is 7.53. The number of pyridine rings is 1. The maximum absolute atomic E-state index is 12.7. The van der Waals surface area contributed by atoms with Crippen LogP contribution in [0.5, 0.6) is 0 Å². The molecular formula is C22H26N4O2S. The molecule has 6 nitrogen and oxygen atoms in total. The third-order valence-corrected chi connectivity index (χ3v) is 5.01. The molecule has 0 aliphatic rings. The van der Waals surface area contributed by atoms with Gasteiger partial charge in [0.1, 0.15) is 11.3 Å². The van der Waals surface area contributed by atoms with E-state index in [2.05, 4.69) is 15.3 Å². The Hall–Kier alpha value is -2.77. The number of carbonyl (C=O) groups is 1. The molecule has 29 heavy (non-hydrogen) atoms. The first-order valence-corrected chi connectivity index (χ1v) is 10.4. The smallest absolute Gasteiger partial charge is 0.274 e. The zero-order valence-corrected chi connectivity index (χ0v) is 17.9. The predicted octanol–water partition coefficient (Wildman–Crippen LogP) is 4.97. The van der Waals surface area contributed by atoms with E-state index in [9.17, 15) is 4.79 Å². The minimum absolute atomic E-state index is 0.0909. The van der Waals surface area contributed by atoms with E-state index in [1.807, 2.05) is 74.2 Å². The Morgan fingerprint density at radius 2 is 2.07 bits per heavy atom. The highest BCUT2D eigenvalue weighted by Crippen LogP contribution is 2.29. The number of rotatable bonds is 8. The second kappa shape index (κ2) is 9.15. The molecule has 3 heterocycles. The molecule has 3 aromatic heterocycles. The lowest BCUT2D eigenvalue weighted by atomic mass is 10.1. The Balaban J connectivity index is 1.65. The van der Waals surface area contributed by atoms with Crippen LogP contribution in [0.3, 0.4) is 0 Å². The normalized spacial score (nSPS) is 12.0. The largest absolute Gasteiger partial charge is 0.367 e. The molecule has 0 fully saturated rings. The molecule has 152 valence electrons. The predicted molar refractivity (Wildman–Crippen MR) is 117 cm³/mol. The molecular weight excluding hydrogens is 384 g/mol. The molecule has 0 aliphatic carbocycles. The summed E-state index contributed by atoms with van der Waals surface area (Å²) in [4.78, 5) is 21.3. The van der Waals surface area contributed by atoms with E-state index < -0.39 is 5.60 Å². The van der Waals surface area contributed by atoms with Gasteiger partial charge in [0.15, 0.2) is 5.13 Å². The Kier molecular flexibility index (Phi) is 6.61. The van der Waals surface area contributed by atoms with Crippen molar-refractivity contribution in [2.45, 2.75) is 45.9 Å². The van der Waals surface area contributed by atoms with Crippen molar-refractivity contribution in [1.29, 1.82) is 0 Å². The van der Waals surface area contributed by atoms with Gasteiger partial charge in [-0.3, -0.25) is 15.1 Å². The topological polar surface area (TPSA) is 69.0 Å². The van der Waals surface area contributed by atoms with E-state index in [1.54, 1.807) is 18.5 Å². The van der Waals surface area contributed by atoms with Crippen LogP contribution >= 0.6 is 11.3 Å². The summed E-state index contributed by atoms with van der Waals surface area (Å²) in [5, 5.41) is 5.38. The first-order valence-electron chi connectivity index (χ1n) is 9.52. The molecule has 0 saturated heterocycles. The monoisotopic (exact) mass is 410 g/mol. The second-order valence-electron chi connectivity index (χ2n) is 7.40. The second-order valence-corrected chi connectivity index (χ2v) is 8.26. The Bertz CT molecular complexity index is 974. The summed E-state index contributed by atoms with van der Waals surface area (Å²) < 4.78 is 7.83. The highest BCUT2D eigenvalue weighted by Gasteiger charge is 2.26. The number of hydrogen-bond donors (Lipinski definition) is 1. The van der Waals surface area contributed by atoms with Crippen LogP contribution in [0.2, 0.25) is 0 Å². The van der Waals surface area contributed by atoms with Crippen molar-refractivity contribution in [3.05, 3.63) is 71.3 Å². The summed E-state index contributed by atoms with van der Waals surface area (Å²) in [7, 11) is 0. The van der Waals surface area contributed by atoms with E-state index in [4.69, 9.17) is 4.74 Å². The summed E-state index contributed by atoms with van der Waals surface area (Å²) in [6.07, 6.45) is 9.51. The molecule has 0 saturated carbocycles. The van der Waals surface area contributed by atoms with E-state index >= 15 is 0 Å². The fourth-order valence-electron chi connectivity index (χ4n) is 2.97. The fraction of sp³-hybridized carbons (Fsp3) is 0.318. The number of hydrogen-bond acceptors (Lipinski definition) is 5. The molecule has 0 unspecified atom stereocenters. The highest BCUT2D eigenvalue weighted by molar-refractivity contribution is 7.14. The zero-order valence-electron chi connectivity index (χ0n) is 17.1. The van der Waals surface area contributed by atoms with Gasteiger partial charge in [-0.15, -0.1) is 11.3 Å². The molecule has 3 rings (SSSR count). The number of aromatic nitrogens is 3. The summed E-state index contributed by atoms with van der Waals surface area (Å²) in [5.41, 5.74) is 1.95. The molecule has 0 bridgehead atoms. The molecule has 3 aromatic rings. The SMILES string of the molecule is CC(C)OC(C)(C)c1csc(NC(=O)c2cccn2CC=Cc2ccncc2)n1. The molecule has 7 heteroatoms. The molecule has 0 aromatic carbocycles. The first-order chi connectivity index (χ1) is 13.8. The number of nitrogens with zero attached hydrogens (tertiary/aromatic N) is 3. The molecule has 0 aliphatic heterocycles. The maximum Gasteiger partial charge on any atom is 0.274 e. The van der Waals surface area contributed by atoms with Gasteiger partial charge in [-0.25, -0.2) is 4.98 Å². The van der Waals surface area contributed by atoms with E-state index in [0.717, 1.165) is 11.3 Å². The van der Waals surface area contributed by atoms with Gasteiger partial charge in [0, 0.05) is 30.5 Å². The lowest BCUT2D eigenvalue weighted by Crippen LogP contribution is -2.26. The summed E-state index contributed by atoms with van der Waals surface area (Å²) in [5.74, 6) is -0.184. The third-order valence-electron chi connectivity index (χ3n) is 4.25. The summed E-state index contributed by atoms with van der Waals surface area (Å²) >= 11 is 1.40. The number of ether oxygens (including phenoxy) is 1. The fourth-order valence-corrected chi connectivity index (χ4v) is 3.84. The third kappa shape index (κ3) is 5.62. The Labute approximate surface area is 175 Å². The van der Waals surface area contributed by atoms with Crippen molar-refractivity contribution >= 4 is 28.5 Å². The van der Waals surface area contributed by atoms with Crippen molar-refractivity contribution in [2.75, 3.05) is 5.32 Å². The van der Waals surface area contributed by atoms with Crippen LogP contribution in [0.15, 0.2) is 54.3 Å². The van der Waals surface area contributed by atoms with Crippen LogP contribution in [0, 0.1) is 0 Å². The van der Waals surface area contributed by atoms with Crippen molar-refractivity contribution in [1.82, 2.24) is 14.5 Å². The van der Waals surface area contributed by atoms with Gasteiger partial charge in [-0.2, -0.15) is 0 Å². The number of amides is 1. The van der Waals surface area contributed by atoms with Crippen LogP contribution in [0.1, 0.15) is 49.4 Å².